The number of rotatable bonds is 5. The van der Waals surface area contributed by atoms with Crippen LogP contribution >= 0.6 is 0 Å². The first-order valence-corrected chi connectivity index (χ1v) is 6.57. The number of ether oxygens (including phenoxy) is 1. The molecule has 0 saturated heterocycles. The Bertz CT molecular complexity index is 749. The van der Waals surface area contributed by atoms with Gasteiger partial charge in [0.15, 0.2) is 5.69 Å². The molecule has 9 heteroatoms. The molecule has 1 aromatic carbocycles. The number of hydrogen-bond acceptors (Lipinski definition) is 7. The third kappa shape index (κ3) is 3.51. The summed E-state index contributed by atoms with van der Waals surface area (Å²) in [4.78, 5) is 23.8. The van der Waals surface area contributed by atoms with Crippen LogP contribution in [-0.4, -0.2) is 52.0 Å². The van der Waals surface area contributed by atoms with Gasteiger partial charge in [-0.05, 0) is 18.2 Å². The number of nitrogens with zero attached hydrogens (tertiary/aromatic N) is 5. The number of methoxy groups -OCH3 is 1. The molecule has 0 unspecified atom stereocenters. The van der Waals surface area contributed by atoms with Gasteiger partial charge >= 0.3 is 5.97 Å². The molecule has 0 aliphatic heterocycles. The summed E-state index contributed by atoms with van der Waals surface area (Å²) in [5.74, 6) is -0.614. The minimum atomic E-state index is -0.614. The third-order valence-electron chi connectivity index (χ3n) is 2.92. The van der Waals surface area contributed by atoms with Crippen molar-refractivity contribution in [1.82, 2.24) is 19.9 Å². The Labute approximate surface area is 131 Å². The summed E-state index contributed by atoms with van der Waals surface area (Å²) < 4.78 is 6.10. The first-order chi connectivity index (χ1) is 10.9. The van der Waals surface area contributed by atoms with Crippen LogP contribution in [0.1, 0.15) is 16.2 Å². The highest BCUT2D eigenvalue weighted by Gasteiger charge is 2.19. The summed E-state index contributed by atoms with van der Waals surface area (Å²) in [5, 5.41) is 18.5. The minimum Gasteiger partial charge on any atom is -0.464 e. The molecule has 0 N–H and O–H groups in total. The second kappa shape index (κ2) is 6.69. The topological polar surface area (TPSA) is 103 Å². The van der Waals surface area contributed by atoms with Gasteiger partial charge in [0.2, 0.25) is 0 Å². The molecule has 0 fully saturated rings. The zero-order chi connectivity index (χ0) is 17.0. The average Bonchev–Trinajstić information content (AvgIpc) is 2.96. The fourth-order valence-corrected chi connectivity index (χ4v) is 1.81. The van der Waals surface area contributed by atoms with Gasteiger partial charge in [0.1, 0.15) is 5.69 Å². The van der Waals surface area contributed by atoms with Crippen LogP contribution in [0.4, 0.5) is 5.69 Å². The van der Waals surface area contributed by atoms with E-state index in [0.29, 0.717) is 11.4 Å². The fourth-order valence-electron chi connectivity index (χ4n) is 1.81. The number of carbonyl (C=O) groups is 1. The number of hydrogen-bond donors (Lipinski definition) is 0. The predicted molar refractivity (Wildman–Crippen MR) is 82.1 cm³/mol. The maximum absolute atomic E-state index is 11.8. The summed E-state index contributed by atoms with van der Waals surface area (Å²) >= 11 is 0. The summed E-state index contributed by atoms with van der Waals surface area (Å²) in [6.07, 6.45) is 3.39. The zero-order valence-corrected chi connectivity index (χ0v) is 12.8. The van der Waals surface area contributed by atoms with Gasteiger partial charge in [-0.2, -0.15) is 0 Å². The lowest BCUT2D eigenvalue weighted by molar-refractivity contribution is -0.384. The van der Waals surface area contributed by atoms with Crippen LogP contribution in [0.25, 0.3) is 11.8 Å². The zero-order valence-electron chi connectivity index (χ0n) is 12.8. The van der Waals surface area contributed by atoms with E-state index in [0.717, 1.165) is 0 Å². The molecule has 1 heterocycles. The van der Waals surface area contributed by atoms with Crippen molar-refractivity contribution < 1.29 is 14.5 Å². The van der Waals surface area contributed by atoms with Crippen molar-refractivity contribution in [3.05, 3.63) is 52.0 Å². The van der Waals surface area contributed by atoms with Crippen LogP contribution < -0.4 is 0 Å². The van der Waals surface area contributed by atoms with Crippen LogP contribution in [0.3, 0.4) is 0 Å². The van der Waals surface area contributed by atoms with Crippen LogP contribution in [0.15, 0.2) is 30.5 Å². The molecule has 0 spiro atoms. The van der Waals surface area contributed by atoms with Gasteiger partial charge in [-0.15, -0.1) is 5.10 Å². The Morgan fingerprint density at radius 2 is 2.00 bits per heavy atom. The molecule has 0 saturated carbocycles. The quantitative estimate of drug-likeness (QED) is 0.467. The van der Waals surface area contributed by atoms with Crippen molar-refractivity contribution in [2.75, 3.05) is 21.2 Å². The van der Waals surface area contributed by atoms with Crippen LogP contribution in [0, 0.1) is 10.1 Å². The Hall–Kier alpha value is -3.23. The van der Waals surface area contributed by atoms with Crippen molar-refractivity contribution in [3.8, 4) is 5.69 Å². The monoisotopic (exact) mass is 317 g/mol. The molecule has 2 rings (SSSR count). The Morgan fingerprint density at radius 3 is 2.52 bits per heavy atom. The second-order valence-electron chi connectivity index (χ2n) is 4.78. The number of nitro benzene ring substituents is 1. The van der Waals surface area contributed by atoms with Gasteiger partial charge in [0, 0.05) is 32.4 Å². The summed E-state index contributed by atoms with van der Waals surface area (Å²) in [7, 11) is 4.91. The molecule has 9 nitrogen and oxygen atoms in total. The van der Waals surface area contributed by atoms with Crippen molar-refractivity contribution in [1.29, 1.82) is 0 Å². The molecule has 120 valence electrons. The van der Waals surface area contributed by atoms with E-state index in [9.17, 15) is 14.9 Å². The van der Waals surface area contributed by atoms with E-state index in [1.807, 2.05) is 14.1 Å². The molecule has 0 atom stereocenters. The second-order valence-corrected chi connectivity index (χ2v) is 4.78. The van der Waals surface area contributed by atoms with E-state index in [1.54, 1.807) is 17.2 Å². The molecule has 0 bridgehead atoms. The van der Waals surface area contributed by atoms with Crippen molar-refractivity contribution in [2.24, 2.45) is 0 Å². The lowest BCUT2D eigenvalue weighted by atomic mass is 10.2. The summed E-state index contributed by atoms with van der Waals surface area (Å²) in [6.45, 7) is 0. The van der Waals surface area contributed by atoms with Gasteiger partial charge in [-0.25, -0.2) is 9.48 Å². The standard InChI is InChI=1S/C14H15N5O4/c1-17(2)9-8-12-13(14(20)23-3)15-16-18(12)10-4-6-11(7-5-10)19(21)22/h4-9H,1-3H3/b9-8+. The Balaban J connectivity index is 2.51. The Kier molecular flexibility index (Phi) is 4.69. The number of aromatic nitrogens is 3. The highest BCUT2D eigenvalue weighted by atomic mass is 16.6. The van der Waals surface area contributed by atoms with E-state index in [-0.39, 0.29) is 11.4 Å². The molecule has 0 amide bonds. The van der Waals surface area contributed by atoms with E-state index < -0.39 is 10.9 Å². The van der Waals surface area contributed by atoms with Gasteiger partial charge < -0.3 is 9.64 Å². The van der Waals surface area contributed by atoms with Gasteiger partial charge in [0.05, 0.1) is 17.7 Å². The fraction of sp³-hybridized carbons (Fsp3) is 0.214. The normalized spacial score (nSPS) is 10.7. The maximum Gasteiger partial charge on any atom is 0.360 e. The van der Waals surface area contributed by atoms with Gasteiger partial charge in [-0.3, -0.25) is 10.1 Å². The molecule has 1 aromatic heterocycles. The van der Waals surface area contributed by atoms with Gasteiger partial charge in [-0.1, -0.05) is 5.21 Å². The lowest BCUT2D eigenvalue weighted by Gasteiger charge is -2.06. The third-order valence-corrected chi connectivity index (χ3v) is 2.92. The SMILES string of the molecule is COC(=O)c1nnn(-c2ccc([N+](=O)[O-])cc2)c1/C=C/N(C)C. The molecule has 0 aliphatic rings. The molecule has 23 heavy (non-hydrogen) atoms. The van der Waals surface area contributed by atoms with E-state index in [4.69, 9.17) is 4.74 Å². The van der Waals surface area contributed by atoms with E-state index in [1.165, 1.54) is 36.1 Å². The summed E-state index contributed by atoms with van der Waals surface area (Å²) in [5.41, 5.74) is 0.979. The maximum atomic E-state index is 11.8. The average molecular weight is 317 g/mol. The van der Waals surface area contributed by atoms with Crippen molar-refractivity contribution in [3.63, 3.8) is 0 Å². The number of nitro groups is 1. The van der Waals surface area contributed by atoms with Gasteiger partial charge in [0.25, 0.3) is 5.69 Å². The number of non-ortho nitro benzene ring substituents is 1. The Morgan fingerprint density at radius 1 is 1.35 bits per heavy atom. The van der Waals surface area contributed by atoms with E-state index in [2.05, 4.69) is 10.3 Å². The van der Waals surface area contributed by atoms with Crippen LogP contribution in [-0.2, 0) is 4.74 Å². The number of benzene rings is 1. The van der Waals surface area contributed by atoms with Crippen LogP contribution in [0.5, 0.6) is 0 Å². The highest BCUT2D eigenvalue weighted by Crippen LogP contribution is 2.19. The molecular formula is C14H15N5O4. The van der Waals surface area contributed by atoms with Crippen molar-refractivity contribution >= 4 is 17.7 Å². The first kappa shape index (κ1) is 16.1. The predicted octanol–water partition coefficient (Wildman–Crippen LogP) is 1.49. The highest BCUT2D eigenvalue weighted by molar-refractivity contribution is 5.90. The molecule has 2 aromatic rings. The largest absolute Gasteiger partial charge is 0.464 e. The molecule has 0 aliphatic carbocycles. The first-order valence-electron chi connectivity index (χ1n) is 6.57. The lowest BCUT2D eigenvalue weighted by Crippen LogP contribution is -2.07. The number of carbonyl (C=O) groups excluding carboxylic acids is 1. The minimum absolute atomic E-state index is 0.0348. The number of esters is 1. The summed E-state index contributed by atoms with van der Waals surface area (Å²) in [6, 6.07) is 5.77. The molecule has 0 radical (unpaired) electrons. The van der Waals surface area contributed by atoms with E-state index >= 15 is 0 Å². The smallest absolute Gasteiger partial charge is 0.360 e. The van der Waals surface area contributed by atoms with Crippen LogP contribution in [0.2, 0.25) is 0 Å². The molecular weight excluding hydrogens is 302 g/mol. The van der Waals surface area contributed by atoms with Crippen molar-refractivity contribution in [2.45, 2.75) is 0 Å².